The van der Waals surface area contributed by atoms with Gasteiger partial charge >= 0.3 is 0 Å². The average molecular weight is 600 g/mol. The Hall–Kier alpha value is -2.87. The Bertz CT molecular complexity index is 1480. The summed E-state index contributed by atoms with van der Waals surface area (Å²) in [6.45, 7) is 5.89. The van der Waals surface area contributed by atoms with Crippen molar-refractivity contribution in [2.75, 3.05) is 0 Å². The first kappa shape index (κ1) is 25.8. The van der Waals surface area contributed by atoms with Gasteiger partial charge in [-0.05, 0) is 68.8 Å². The molecule has 1 aliphatic rings. The maximum atomic E-state index is 13.0. The van der Waals surface area contributed by atoms with Gasteiger partial charge in [-0.3, -0.25) is 9.89 Å². The summed E-state index contributed by atoms with van der Waals surface area (Å²) in [7, 11) is 0. The fourth-order valence-electron chi connectivity index (χ4n) is 4.59. The van der Waals surface area contributed by atoms with E-state index in [0.29, 0.717) is 33.7 Å². The molecule has 0 saturated carbocycles. The van der Waals surface area contributed by atoms with Crippen LogP contribution < -0.4 is 10.1 Å². The summed E-state index contributed by atoms with van der Waals surface area (Å²) in [4.78, 5) is 18.0. The van der Waals surface area contributed by atoms with Gasteiger partial charge in [0.15, 0.2) is 0 Å². The van der Waals surface area contributed by atoms with Crippen LogP contribution in [0.3, 0.4) is 0 Å². The molecule has 0 spiro atoms. The van der Waals surface area contributed by atoms with Gasteiger partial charge in [-0.15, -0.1) is 0 Å². The van der Waals surface area contributed by atoms with Gasteiger partial charge in [-0.25, -0.2) is 4.98 Å². The number of amides is 1. The van der Waals surface area contributed by atoms with E-state index in [0.717, 1.165) is 32.4 Å². The monoisotopic (exact) mass is 598 g/mol. The number of hydrogen-bond acceptors (Lipinski definition) is 4. The van der Waals surface area contributed by atoms with E-state index in [2.05, 4.69) is 31.4 Å². The van der Waals surface area contributed by atoms with Crippen LogP contribution in [0.25, 0.3) is 22.4 Å². The molecule has 4 aromatic rings. The highest BCUT2D eigenvalue weighted by atomic mass is 79.9. The number of H-pyrrole nitrogens is 1. The average Bonchev–Trinajstić information content (AvgIpc) is 3.24. The number of carbonyl (C=O) groups is 1. The standard InChI is InChI=1S/C28H25BrCl2N4O2/c1-15-10-19(35-34-15)12-25(36)32-24-14-28(2,3)37-27-22(24)13-20(16-4-7-18(30)8-5-16)26(33-27)21-11-17(29)6-9-23(21)31/h4-11,13,24H,12,14H2,1-3H3,(H,32,36)(H,34,35). The number of pyridine rings is 1. The molecular weight excluding hydrogens is 575 g/mol. The number of aryl methyl sites for hydroxylation is 1. The number of ether oxygens (including phenoxy) is 1. The number of aromatic nitrogens is 3. The lowest BCUT2D eigenvalue weighted by Crippen LogP contribution is -2.42. The van der Waals surface area contributed by atoms with Gasteiger partial charge in [-0.1, -0.05) is 51.3 Å². The number of carbonyl (C=O) groups excluding carboxylic acids is 1. The molecule has 1 aliphatic heterocycles. The molecule has 37 heavy (non-hydrogen) atoms. The van der Waals surface area contributed by atoms with Crippen LogP contribution in [-0.2, 0) is 11.2 Å². The first-order valence-corrected chi connectivity index (χ1v) is 13.4. The molecule has 190 valence electrons. The van der Waals surface area contributed by atoms with E-state index >= 15 is 0 Å². The van der Waals surface area contributed by atoms with Crippen LogP contribution in [0.2, 0.25) is 10.0 Å². The summed E-state index contributed by atoms with van der Waals surface area (Å²) >= 11 is 16.4. The third kappa shape index (κ3) is 5.69. The zero-order valence-corrected chi connectivity index (χ0v) is 23.6. The number of nitrogens with zero attached hydrogens (tertiary/aromatic N) is 2. The van der Waals surface area contributed by atoms with Crippen LogP contribution in [0.4, 0.5) is 0 Å². The molecule has 1 unspecified atom stereocenters. The number of aromatic amines is 1. The minimum atomic E-state index is -0.541. The normalized spacial score (nSPS) is 16.1. The summed E-state index contributed by atoms with van der Waals surface area (Å²) in [5.74, 6) is 0.355. The molecule has 5 rings (SSSR count). The van der Waals surface area contributed by atoms with Crippen molar-refractivity contribution in [3.8, 4) is 28.3 Å². The van der Waals surface area contributed by atoms with Crippen LogP contribution in [-0.4, -0.2) is 26.7 Å². The second-order valence-corrected chi connectivity index (χ2v) is 11.6. The molecule has 6 nitrogen and oxygen atoms in total. The molecule has 2 aromatic heterocycles. The molecule has 2 aromatic carbocycles. The molecule has 2 N–H and O–H groups in total. The highest BCUT2D eigenvalue weighted by molar-refractivity contribution is 9.10. The summed E-state index contributed by atoms with van der Waals surface area (Å²) in [5, 5.41) is 11.5. The Kier molecular flexibility index (Phi) is 7.05. The quantitative estimate of drug-likeness (QED) is 0.249. The summed E-state index contributed by atoms with van der Waals surface area (Å²) in [6.07, 6.45) is 0.769. The molecule has 0 saturated heterocycles. The zero-order valence-electron chi connectivity index (χ0n) is 20.5. The molecule has 0 radical (unpaired) electrons. The van der Waals surface area contributed by atoms with Crippen molar-refractivity contribution in [1.82, 2.24) is 20.5 Å². The van der Waals surface area contributed by atoms with Crippen molar-refractivity contribution in [3.05, 3.63) is 86.1 Å². The van der Waals surface area contributed by atoms with Crippen LogP contribution in [0.15, 0.2) is 59.1 Å². The summed E-state index contributed by atoms with van der Waals surface area (Å²) in [5.41, 5.74) is 5.12. The van der Waals surface area contributed by atoms with E-state index in [1.54, 1.807) is 0 Å². The number of nitrogens with one attached hydrogen (secondary N) is 2. The second-order valence-electron chi connectivity index (χ2n) is 9.82. The molecule has 9 heteroatoms. The van der Waals surface area contributed by atoms with Crippen molar-refractivity contribution < 1.29 is 9.53 Å². The lowest BCUT2D eigenvalue weighted by molar-refractivity contribution is -0.121. The van der Waals surface area contributed by atoms with E-state index in [4.69, 9.17) is 32.9 Å². The SMILES string of the molecule is Cc1cc(CC(=O)NC2CC(C)(C)Oc3nc(-c4cc(Br)ccc4Cl)c(-c4ccc(Cl)cc4)cc32)n[nH]1. The highest BCUT2D eigenvalue weighted by Crippen LogP contribution is 2.45. The van der Waals surface area contributed by atoms with Crippen molar-refractivity contribution in [1.29, 1.82) is 0 Å². The smallest absolute Gasteiger partial charge is 0.226 e. The van der Waals surface area contributed by atoms with E-state index in [1.165, 1.54) is 0 Å². The molecule has 0 aliphatic carbocycles. The topological polar surface area (TPSA) is 79.9 Å². The first-order valence-electron chi connectivity index (χ1n) is 11.8. The van der Waals surface area contributed by atoms with Crippen molar-refractivity contribution in [3.63, 3.8) is 0 Å². The van der Waals surface area contributed by atoms with Gasteiger partial charge in [0.1, 0.15) is 5.60 Å². The van der Waals surface area contributed by atoms with E-state index < -0.39 is 5.60 Å². The Morgan fingerprint density at radius 1 is 1.14 bits per heavy atom. The molecule has 0 bridgehead atoms. The van der Waals surface area contributed by atoms with Crippen molar-refractivity contribution in [2.45, 2.75) is 45.3 Å². The maximum absolute atomic E-state index is 13.0. The predicted molar refractivity (Wildman–Crippen MR) is 150 cm³/mol. The van der Waals surface area contributed by atoms with Crippen molar-refractivity contribution in [2.24, 2.45) is 0 Å². The number of fused-ring (bicyclic) bond motifs is 1. The van der Waals surface area contributed by atoms with Crippen molar-refractivity contribution >= 4 is 45.0 Å². The largest absolute Gasteiger partial charge is 0.471 e. The Balaban J connectivity index is 1.61. The molecule has 0 fully saturated rings. The van der Waals surface area contributed by atoms with E-state index in [9.17, 15) is 4.79 Å². The van der Waals surface area contributed by atoms with Crippen LogP contribution in [0, 0.1) is 6.92 Å². The van der Waals surface area contributed by atoms with Crippen LogP contribution in [0.5, 0.6) is 5.88 Å². The third-order valence-electron chi connectivity index (χ3n) is 6.23. The fourth-order valence-corrected chi connectivity index (χ4v) is 5.28. The van der Waals surface area contributed by atoms with E-state index in [-0.39, 0.29) is 18.4 Å². The van der Waals surface area contributed by atoms with Gasteiger partial charge in [0.05, 0.1) is 28.9 Å². The van der Waals surface area contributed by atoms with Crippen LogP contribution >= 0.6 is 39.1 Å². The lowest BCUT2D eigenvalue weighted by Gasteiger charge is -2.37. The van der Waals surface area contributed by atoms with E-state index in [1.807, 2.05) is 75.4 Å². The Labute approximate surface area is 233 Å². The summed E-state index contributed by atoms with van der Waals surface area (Å²) in [6, 6.07) is 16.8. The second kappa shape index (κ2) is 10.1. The number of hydrogen-bond donors (Lipinski definition) is 2. The number of benzene rings is 2. The lowest BCUT2D eigenvalue weighted by atomic mass is 9.88. The molecule has 3 heterocycles. The van der Waals surface area contributed by atoms with Gasteiger partial charge in [0.2, 0.25) is 11.8 Å². The van der Waals surface area contributed by atoms with Gasteiger partial charge in [-0.2, -0.15) is 5.10 Å². The molecule has 1 atom stereocenters. The molecular formula is C28H25BrCl2N4O2. The maximum Gasteiger partial charge on any atom is 0.226 e. The minimum Gasteiger partial charge on any atom is -0.471 e. The van der Waals surface area contributed by atoms with Gasteiger partial charge < -0.3 is 10.1 Å². The fraction of sp³-hybridized carbons (Fsp3) is 0.250. The number of halogens is 3. The Morgan fingerprint density at radius 2 is 1.89 bits per heavy atom. The van der Waals surface area contributed by atoms with Crippen LogP contribution in [0.1, 0.15) is 43.3 Å². The van der Waals surface area contributed by atoms with Gasteiger partial charge in [0, 0.05) is 38.3 Å². The Morgan fingerprint density at radius 3 is 2.59 bits per heavy atom. The number of rotatable bonds is 5. The molecule has 1 amide bonds. The van der Waals surface area contributed by atoms with Gasteiger partial charge in [0.25, 0.3) is 0 Å². The minimum absolute atomic E-state index is 0.118. The zero-order chi connectivity index (χ0) is 26.3. The third-order valence-corrected chi connectivity index (χ3v) is 7.31. The predicted octanol–water partition coefficient (Wildman–Crippen LogP) is 7.48. The summed E-state index contributed by atoms with van der Waals surface area (Å²) < 4.78 is 7.22. The highest BCUT2D eigenvalue weighted by Gasteiger charge is 2.37. The first-order chi connectivity index (χ1) is 17.6.